The molecule has 0 heterocycles. The van der Waals surface area contributed by atoms with Gasteiger partial charge >= 0.3 is 0 Å². The van der Waals surface area contributed by atoms with Crippen molar-refractivity contribution in [1.82, 2.24) is 0 Å². The smallest absolute Gasteiger partial charge is 0.113 e. The van der Waals surface area contributed by atoms with E-state index in [4.69, 9.17) is 8.92 Å². The van der Waals surface area contributed by atoms with Crippen LogP contribution < -0.4 is 0 Å². The number of ether oxygens (including phenoxy) is 1. The lowest BCUT2D eigenvalue weighted by Crippen LogP contribution is -2.03. The van der Waals surface area contributed by atoms with Gasteiger partial charge < -0.3 is 8.92 Å². The van der Waals surface area contributed by atoms with Crippen LogP contribution in [0.5, 0.6) is 0 Å². The van der Waals surface area contributed by atoms with Gasteiger partial charge in [0, 0.05) is 16.9 Å². The molecule has 1 aromatic carbocycles. The molecule has 0 N–H and O–H groups in total. The van der Waals surface area contributed by atoms with Crippen LogP contribution in [0.4, 0.5) is 4.39 Å². The van der Waals surface area contributed by atoms with E-state index in [0.717, 1.165) is 4.90 Å². The van der Waals surface area contributed by atoms with Gasteiger partial charge in [-0.3, -0.25) is 0 Å². The second kappa shape index (κ2) is 7.68. The lowest BCUT2D eigenvalue weighted by atomic mass is 10.2. The molecule has 0 aliphatic rings. The Morgan fingerprint density at radius 3 is 2.53 bits per heavy atom. The van der Waals surface area contributed by atoms with Crippen molar-refractivity contribution in [2.45, 2.75) is 11.8 Å². The summed E-state index contributed by atoms with van der Waals surface area (Å²) < 4.78 is 21.8. The SMILES string of the molecule is Cc1ccc(SOCCOCCF)cc1. The van der Waals surface area contributed by atoms with Gasteiger partial charge in [-0.25, -0.2) is 4.39 Å². The quantitative estimate of drug-likeness (QED) is 0.530. The van der Waals surface area contributed by atoms with Crippen LogP contribution in [-0.2, 0) is 8.92 Å². The van der Waals surface area contributed by atoms with Crippen LogP contribution in [0, 0.1) is 6.92 Å². The standard InChI is InChI=1S/C11H15FO2S/c1-10-2-4-11(5-3-10)15-14-9-8-13-7-6-12/h2-5H,6-9H2,1H3. The van der Waals surface area contributed by atoms with Crippen LogP contribution in [0.2, 0.25) is 0 Å². The van der Waals surface area contributed by atoms with Gasteiger partial charge in [0.1, 0.15) is 6.67 Å². The van der Waals surface area contributed by atoms with E-state index in [9.17, 15) is 4.39 Å². The molecule has 4 heteroatoms. The highest BCUT2D eigenvalue weighted by atomic mass is 32.2. The summed E-state index contributed by atoms with van der Waals surface area (Å²) in [5.41, 5.74) is 1.23. The topological polar surface area (TPSA) is 18.5 Å². The van der Waals surface area contributed by atoms with Crippen molar-refractivity contribution in [3.63, 3.8) is 0 Å². The van der Waals surface area contributed by atoms with Crippen LogP contribution >= 0.6 is 12.0 Å². The van der Waals surface area contributed by atoms with Crippen molar-refractivity contribution in [3.8, 4) is 0 Å². The Balaban J connectivity index is 2.07. The Kier molecular flexibility index (Phi) is 6.39. The minimum atomic E-state index is -0.439. The van der Waals surface area contributed by atoms with E-state index in [2.05, 4.69) is 0 Å². The molecule has 0 atom stereocenters. The molecular formula is C11H15FO2S. The summed E-state index contributed by atoms with van der Waals surface area (Å²) in [6, 6.07) is 8.07. The Hall–Kier alpha value is -0.580. The van der Waals surface area contributed by atoms with E-state index >= 15 is 0 Å². The van der Waals surface area contributed by atoms with Crippen LogP contribution in [-0.4, -0.2) is 26.5 Å². The molecule has 0 aromatic heterocycles. The van der Waals surface area contributed by atoms with Crippen molar-refractivity contribution >= 4 is 12.0 Å². The van der Waals surface area contributed by atoms with Gasteiger partial charge in [-0.2, -0.15) is 0 Å². The normalized spacial score (nSPS) is 10.5. The molecule has 0 spiro atoms. The van der Waals surface area contributed by atoms with Crippen molar-refractivity contribution in [3.05, 3.63) is 29.8 Å². The molecule has 15 heavy (non-hydrogen) atoms. The lowest BCUT2D eigenvalue weighted by molar-refractivity contribution is 0.0955. The molecule has 1 rings (SSSR count). The van der Waals surface area contributed by atoms with Gasteiger partial charge in [-0.15, -0.1) is 0 Å². The minimum absolute atomic E-state index is 0.151. The molecule has 0 radical (unpaired) electrons. The lowest BCUT2D eigenvalue weighted by Gasteiger charge is -2.03. The second-order valence-corrected chi connectivity index (χ2v) is 3.89. The first-order chi connectivity index (χ1) is 7.33. The predicted molar refractivity (Wildman–Crippen MR) is 59.8 cm³/mol. The summed E-state index contributed by atoms with van der Waals surface area (Å²) in [7, 11) is 0. The molecule has 0 fully saturated rings. The summed E-state index contributed by atoms with van der Waals surface area (Å²) in [5.74, 6) is 0. The summed E-state index contributed by atoms with van der Waals surface area (Å²) in [6.07, 6.45) is 0. The average Bonchev–Trinajstić information content (AvgIpc) is 2.26. The molecule has 0 aliphatic heterocycles. The molecule has 0 saturated heterocycles. The molecule has 84 valence electrons. The van der Waals surface area contributed by atoms with Gasteiger partial charge in [0.05, 0.1) is 19.8 Å². The number of rotatable bonds is 7. The first kappa shape index (κ1) is 12.5. The van der Waals surface area contributed by atoms with Gasteiger partial charge in [0.2, 0.25) is 0 Å². The second-order valence-electron chi connectivity index (χ2n) is 3.02. The van der Waals surface area contributed by atoms with Crippen molar-refractivity contribution in [1.29, 1.82) is 0 Å². The third kappa shape index (κ3) is 5.77. The zero-order valence-electron chi connectivity index (χ0n) is 8.74. The largest absolute Gasteiger partial charge is 0.376 e. The number of hydrogen-bond donors (Lipinski definition) is 0. The number of alkyl halides is 1. The summed E-state index contributed by atoms with van der Waals surface area (Å²) >= 11 is 1.31. The van der Waals surface area contributed by atoms with Gasteiger partial charge in [0.25, 0.3) is 0 Å². The molecule has 0 amide bonds. The highest BCUT2D eigenvalue weighted by molar-refractivity contribution is 7.94. The maximum Gasteiger partial charge on any atom is 0.113 e. The number of benzene rings is 1. The van der Waals surface area contributed by atoms with Gasteiger partial charge in [0.15, 0.2) is 0 Å². The first-order valence-corrected chi connectivity index (χ1v) is 5.57. The van der Waals surface area contributed by atoms with Crippen LogP contribution in [0.15, 0.2) is 29.2 Å². The molecule has 1 aromatic rings. The highest BCUT2D eigenvalue weighted by Crippen LogP contribution is 2.18. The number of aryl methyl sites for hydroxylation is 1. The Morgan fingerprint density at radius 1 is 1.13 bits per heavy atom. The van der Waals surface area contributed by atoms with Crippen LogP contribution in [0.3, 0.4) is 0 Å². The van der Waals surface area contributed by atoms with E-state index in [1.54, 1.807) is 0 Å². The fourth-order valence-electron chi connectivity index (χ4n) is 0.953. The van der Waals surface area contributed by atoms with Gasteiger partial charge in [-0.1, -0.05) is 17.7 Å². The first-order valence-electron chi connectivity index (χ1n) is 4.83. The average molecular weight is 230 g/mol. The molecule has 0 unspecified atom stereocenters. The summed E-state index contributed by atoms with van der Waals surface area (Å²) in [6.45, 7) is 2.66. The molecule has 0 aliphatic carbocycles. The molecule has 2 nitrogen and oxygen atoms in total. The number of halogens is 1. The number of hydrogen-bond acceptors (Lipinski definition) is 3. The van der Waals surface area contributed by atoms with Gasteiger partial charge in [-0.05, 0) is 19.1 Å². The van der Waals surface area contributed by atoms with Crippen molar-refractivity contribution in [2.75, 3.05) is 26.5 Å². The van der Waals surface area contributed by atoms with E-state index < -0.39 is 6.67 Å². The zero-order valence-corrected chi connectivity index (χ0v) is 9.56. The van der Waals surface area contributed by atoms with E-state index in [0.29, 0.717) is 13.2 Å². The van der Waals surface area contributed by atoms with Crippen molar-refractivity contribution < 1.29 is 13.3 Å². The summed E-state index contributed by atoms with van der Waals surface area (Å²) in [4.78, 5) is 1.06. The molecular weight excluding hydrogens is 215 g/mol. The van der Waals surface area contributed by atoms with E-state index in [1.807, 2.05) is 31.2 Å². The summed E-state index contributed by atoms with van der Waals surface area (Å²) in [5, 5.41) is 0. The Labute approximate surface area is 94.0 Å². The zero-order chi connectivity index (χ0) is 10.9. The Bertz CT molecular complexity index is 264. The molecule has 0 bridgehead atoms. The predicted octanol–water partition coefficient (Wildman–Crippen LogP) is 3.00. The van der Waals surface area contributed by atoms with E-state index in [-0.39, 0.29) is 6.61 Å². The third-order valence-electron chi connectivity index (χ3n) is 1.71. The van der Waals surface area contributed by atoms with E-state index in [1.165, 1.54) is 17.6 Å². The Morgan fingerprint density at radius 2 is 1.87 bits per heavy atom. The monoisotopic (exact) mass is 230 g/mol. The minimum Gasteiger partial charge on any atom is -0.376 e. The van der Waals surface area contributed by atoms with Crippen LogP contribution in [0.25, 0.3) is 0 Å². The maximum atomic E-state index is 11.6. The fraction of sp³-hybridized carbons (Fsp3) is 0.455. The maximum absolute atomic E-state index is 11.6. The fourth-order valence-corrected chi connectivity index (χ4v) is 1.49. The third-order valence-corrected chi connectivity index (χ3v) is 2.46. The molecule has 0 saturated carbocycles. The highest BCUT2D eigenvalue weighted by Gasteiger charge is 1.94. The van der Waals surface area contributed by atoms with Crippen LogP contribution in [0.1, 0.15) is 5.56 Å². The van der Waals surface area contributed by atoms with Crippen molar-refractivity contribution in [2.24, 2.45) is 0 Å².